The maximum atomic E-state index is 13.7. The van der Waals surface area contributed by atoms with Gasteiger partial charge in [-0.05, 0) is 19.0 Å². The molecular formula is C27H36N4O4. The Morgan fingerprint density at radius 1 is 1.00 bits per heavy atom. The summed E-state index contributed by atoms with van der Waals surface area (Å²) in [6.07, 6.45) is 2.16. The summed E-state index contributed by atoms with van der Waals surface area (Å²) < 4.78 is 1.50. The number of aromatic nitrogens is 1. The fraction of sp³-hybridized carbons (Fsp3) is 0.519. The number of rotatable bonds is 4. The van der Waals surface area contributed by atoms with Crippen molar-refractivity contribution in [1.82, 2.24) is 19.3 Å². The summed E-state index contributed by atoms with van der Waals surface area (Å²) in [7, 11) is 2.03. The Hall–Kier alpha value is -2.97. The zero-order chi connectivity index (χ0) is 25.4. The van der Waals surface area contributed by atoms with Crippen molar-refractivity contribution in [2.24, 2.45) is 5.41 Å². The number of hydrogen-bond acceptors (Lipinski definition) is 5. The van der Waals surface area contributed by atoms with Crippen LogP contribution < -0.4 is 5.56 Å². The van der Waals surface area contributed by atoms with E-state index in [-0.39, 0.29) is 23.9 Å². The molecule has 1 aromatic carbocycles. The fourth-order valence-electron chi connectivity index (χ4n) is 5.31. The second-order valence-electron chi connectivity index (χ2n) is 10.6. The Morgan fingerprint density at radius 2 is 1.63 bits per heavy atom. The van der Waals surface area contributed by atoms with Gasteiger partial charge in [0.05, 0.1) is 17.7 Å². The first-order valence-electron chi connectivity index (χ1n) is 12.3. The summed E-state index contributed by atoms with van der Waals surface area (Å²) in [6, 6.07) is 10.9. The molecule has 1 aromatic heterocycles. The molecule has 2 aliphatic heterocycles. The minimum absolute atomic E-state index is 0.00427. The van der Waals surface area contributed by atoms with Crippen LogP contribution in [0, 0.1) is 5.41 Å². The van der Waals surface area contributed by atoms with E-state index in [1.165, 1.54) is 17.6 Å². The summed E-state index contributed by atoms with van der Waals surface area (Å²) >= 11 is 0. The van der Waals surface area contributed by atoms with Gasteiger partial charge >= 0.3 is 0 Å². The third kappa shape index (κ3) is 5.04. The predicted octanol–water partition coefficient (Wildman–Crippen LogP) is 1.91. The first-order chi connectivity index (χ1) is 16.5. The Morgan fingerprint density at radius 3 is 2.23 bits per heavy atom. The molecule has 8 nitrogen and oxygen atoms in total. The standard InChI is InChI=1S/C27H36N4O4/c1-20(32)29-12-14-30(15-13-29)25(34)23-17-31(19-27(35)10-11-28(4)18-26(27,2)3)24(33)16-22(23)21-8-6-5-7-9-21/h5-9,16-17,35H,10-15,18-19H2,1-4H3. The van der Waals surface area contributed by atoms with Crippen molar-refractivity contribution in [3.8, 4) is 11.1 Å². The lowest BCUT2D eigenvalue weighted by molar-refractivity contribution is -0.130. The number of piperazine rings is 1. The molecule has 0 aliphatic carbocycles. The molecule has 1 N–H and O–H groups in total. The van der Waals surface area contributed by atoms with Crippen molar-refractivity contribution in [3.05, 3.63) is 58.5 Å². The van der Waals surface area contributed by atoms with Gasteiger partial charge in [-0.2, -0.15) is 0 Å². The SMILES string of the molecule is CC(=O)N1CCN(C(=O)c2cn(CC3(O)CCN(C)CC3(C)C)c(=O)cc2-c2ccccc2)CC1. The Balaban J connectivity index is 1.71. The van der Waals surface area contributed by atoms with E-state index in [4.69, 9.17) is 0 Å². The quantitative estimate of drug-likeness (QED) is 0.723. The molecule has 1 atom stereocenters. The maximum absolute atomic E-state index is 13.7. The van der Waals surface area contributed by atoms with Crippen molar-refractivity contribution in [1.29, 1.82) is 0 Å². The van der Waals surface area contributed by atoms with E-state index in [1.54, 1.807) is 16.0 Å². The summed E-state index contributed by atoms with van der Waals surface area (Å²) in [5.74, 6) is -0.167. The van der Waals surface area contributed by atoms with Gasteiger partial charge in [0.25, 0.3) is 11.5 Å². The Bertz CT molecular complexity index is 1150. The molecule has 2 fully saturated rings. The van der Waals surface area contributed by atoms with E-state index < -0.39 is 11.0 Å². The second-order valence-corrected chi connectivity index (χ2v) is 10.6. The lowest BCUT2D eigenvalue weighted by atomic mass is 9.70. The number of piperidine rings is 1. The lowest BCUT2D eigenvalue weighted by Gasteiger charge is -2.49. The van der Waals surface area contributed by atoms with Crippen LogP contribution in [-0.4, -0.2) is 88.1 Å². The molecule has 35 heavy (non-hydrogen) atoms. The van der Waals surface area contributed by atoms with Gasteiger partial charge in [-0.3, -0.25) is 14.4 Å². The Kier molecular flexibility index (Phi) is 6.88. The molecule has 8 heteroatoms. The molecule has 2 saturated heterocycles. The van der Waals surface area contributed by atoms with Crippen LogP contribution in [0.5, 0.6) is 0 Å². The molecule has 0 radical (unpaired) electrons. The van der Waals surface area contributed by atoms with Crippen LogP contribution >= 0.6 is 0 Å². The van der Waals surface area contributed by atoms with Gasteiger partial charge in [0.1, 0.15) is 0 Å². The van der Waals surface area contributed by atoms with Crippen LogP contribution in [-0.2, 0) is 11.3 Å². The van der Waals surface area contributed by atoms with Gasteiger partial charge in [0.2, 0.25) is 5.91 Å². The molecule has 2 aliphatic rings. The molecule has 188 valence electrons. The molecule has 4 rings (SSSR count). The number of carbonyl (C=O) groups is 2. The normalized spacial score (nSPS) is 22.8. The van der Waals surface area contributed by atoms with Crippen molar-refractivity contribution in [3.63, 3.8) is 0 Å². The molecule has 0 saturated carbocycles. The zero-order valence-electron chi connectivity index (χ0n) is 21.2. The van der Waals surface area contributed by atoms with Crippen LogP contribution in [0.3, 0.4) is 0 Å². The second kappa shape index (κ2) is 9.59. The summed E-state index contributed by atoms with van der Waals surface area (Å²) in [5.41, 5.74) is 0.0584. The lowest BCUT2D eigenvalue weighted by Crippen LogP contribution is -2.59. The van der Waals surface area contributed by atoms with E-state index >= 15 is 0 Å². The highest BCUT2D eigenvalue weighted by molar-refractivity contribution is 6.00. The first-order valence-corrected chi connectivity index (χ1v) is 12.3. The van der Waals surface area contributed by atoms with Gasteiger partial charge in [-0.25, -0.2) is 0 Å². The van der Waals surface area contributed by atoms with E-state index in [2.05, 4.69) is 4.90 Å². The van der Waals surface area contributed by atoms with Crippen LogP contribution in [0.25, 0.3) is 11.1 Å². The topological polar surface area (TPSA) is 86.1 Å². The number of benzene rings is 1. The van der Waals surface area contributed by atoms with Gasteiger partial charge in [-0.1, -0.05) is 44.2 Å². The predicted molar refractivity (Wildman–Crippen MR) is 135 cm³/mol. The van der Waals surface area contributed by atoms with Gasteiger partial charge in [0.15, 0.2) is 0 Å². The average molecular weight is 481 g/mol. The average Bonchev–Trinajstić information content (AvgIpc) is 2.83. The van der Waals surface area contributed by atoms with Crippen molar-refractivity contribution < 1.29 is 14.7 Å². The smallest absolute Gasteiger partial charge is 0.256 e. The molecule has 3 heterocycles. The molecule has 0 spiro atoms. The van der Waals surface area contributed by atoms with E-state index in [1.807, 2.05) is 51.2 Å². The van der Waals surface area contributed by atoms with Gasteiger partial charge in [-0.15, -0.1) is 0 Å². The van der Waals surface area contributed by atoms with E-state index in [9.17, 15) is 19.5 Å². The van der Waals surface area contributed by atoms with Crippen LogP contribution in [0.4, 0.5) is 0 Å². The summed E-state index contributed by atoms with van der Waals surface area (Å²) in [6.45, 7) is 9.01. The molecule has 0 bridgehead atoms. The Labute approximate surface area is 206 Å². The van der Waals surface area contributed by atoms with Crippen LogP contribution in [0.15, 0.2) is 47.4 Å². The number of hydrogen-bond donors (Lipinski definition) is 1. The van der Waals surface area contributed by atoms with Crippen molar-refractivity contribution >= 4 is 11.8 Å². The molecular weight excluding hydrogens is 444 g/mol. The van der Waals surface area contributed by atoms with Crippen molar-refractivity contribution in [2.75, 3.05) is 46.3 Å². The van der Waals surface area contributed by atoms with Crippen molar-refractivity contribution in [2.45, 2.75) is 39.3 Å². The third-order valence-electron chi connectivity index (χ3n) is 7.72. The number of carbonyl (C=O) groups excluding carboxylic acids is 2. The third-order valence-corrected chi connectivity index (χ3v) is 7.72. The number of nitrogens with zero attached hydrogens (tertiary/aromatic N) is 4. The minimum atomic E-state index is -1.08. The largest absolute Gasteiger partial charge is 0.387 e. The number of pyridine rings is 1. The van der Waals surface area contributed by atoms with E-state index in [0.29, 0.717) is 50.3 Å². The fourth-order valence-corrected chi connectivity index (χ4v) is 5.31. The molecule has 1 unspecified atom stereocenters. The summed E-state index contributed by atoms with van der Waals surface area (Å²) in [5, 5.41) is 11.6. The molecule has 2 amide bonds. The highest BCUT2D eigenvalue weighted by Gasteiger charge is 2.47. The number of likely N-dealkylation sites (tertiary alicyclic amines) is 1. The first kappa shape index (κ1) is 25.1. The van der Waals surface area contributed by atoms with Crippen LogP contribution in [0.1, 0.15) is 37.6 Å². The highest BCUT2D eigenvalue weighted by Crippen LogP contribution is 2.39. The minimum Gasteiger partial charge on any atom is -0.387 e. The zero-order valence-corrected chi connectivity index (χ0v) is 21.2. The number of amides is 2. The summed E-state index contributed by atoms with van der Waals surface area (Å²) in [4.78, 5) is 44.3. The van der Waals surface area contributed by atoms with E-state index in [0.717, 1.165) is 12.1 Å². The molecule has 2 aromatic rings. The van der Waals surface area contributed by atoms with Crippen LogP contribution in [0.2, 0.25) is 0 Å². The monoisotopic (exact) mass is 480 g/mol. The number of aliphatic hydroxyl groups is 1. The van der Waals surface area contributed by atoms with Gasteiger partial charge in [0, 0.05) is 69.4 Å². The maximum Gasteiger partial charge on any atom is 0.256 e. The highest BCUT2D eigenvalue weighted by atomic mass is 16.3. The van der Waals surface area contributed by atoms with Gasteiger partial charge < -0.3 is 24.4 Å².